The van der Waals surface area contributed by atoms with Gasteiger partial charge in [-0.05, 0) is 43.7 Å². The van der Waals surface area contributed by atoms with Gasteiger partial charge in [0.05, 0.1) is 16.5 Å². The molecular weight excluding hydrogens is 348 g/mol. The largest absolute Gasteiger partial charge is 0.322 e. The first-order valence-electron chi connectivity index (χ1n) is 7.55. The van der Waals surface area contributed by atoms with Gasteiger partial charge in [-0.15, -0.1) is 0 Å². The molecule has 0 bridgehead atoms. The van der Waals surface area contributed by atoms with Gasteiger partial charge in [0.2, 0.25) is 10.0 Å². The Kier molecular flexibility index (Phi) is 4.51. The van der Waals surface area contributed by atoms with Crippen LogP contribution in [0, 0.1) is 6.92 Å². The summed E-state index contributed by atoms with van der Waals surface area (Å²) in [4.78, 5) is 12.2. The first kappa shape index (κ1) is 16.8. The van der Waals surface area contributed by atoms with Crippen molar-refractivity contribution in [2.75, 3.05) is 21.9 Å². The predicted octanol–water partition coefficient (Wildman–Crippen LogP) is 3.44. The summed E-state index contributed by atoms with van der Waals surface area (Å²) < 4.78 is 25.3. The van der Waals surface area contributed by atoms with Gasteiger partial charge in [0.15, 0.2) is 0 Å². The minimum atomic E-state index is -3.28. The molecule has 1 heterocycles. The van der Waals surface area contributed by atoms with Gasteiger partial charge in [0, 0.05) is 17.8 Å². The average Bonchev–Trinajstić information content (AvgIpc) is 2.87. The summed E-state index contributed by atoms with van der Waals surface area (Å²) >= 11 is 6.23. The maximum Gasteiger partial charge on any atom is 0.255 e. The smallest absolute Gasteiger partial charge is 0.255 e. The Labute approximate surface area is 146 Å². The van der Waals surface area contributed by atoms with E-state index in [-0.39, 0.29) is 11.7 Å². The molecule has 126 valence electrons. The molecule has 2 aromatic carbocycles. The number of aryl methyl sites for hydroxylation is 1. The monoisotopic (exact) mass is 364 g/mol. The first-order chi connectivity index (χ1) is 11.4. The summed E-state index contributed by atoms with van der Waals surface area (Å²) in [5.74, 6) is -0.109. The lowest BCUT2D eigenvalue weighted by molar-refractivity contribution is 0.102. The van der Waals surface area contributed by atoms with Crippen LogP contribution in [-0.2, 0) is 10.0 Å². The lowest BCUT2D eigenvalue weighted by Gasteiger charge is -2.19. The van der Waals surface area contributed by atoms with Crippen LogP contribution >= 0.6 is 11.6 Å². The van der Waals surface area contributed by atoms with E-state index in [9.17, 15) is 13.2 Å². The molecule has 0 radical (unpaired) electrons. The van der Waals surface area contributed by atoms with E-state index in [0.717, 1.165) is 5.56 Å². The Morgan fingerprint density at radius 3 is 2.46 bits per heavy atom. The topological polar surface area (TPSA) is 66.5 Å². The Morgan fingerprint density at radius 2 is 1.88 bits per heavy atom. The number of sulfonamides is 1. The van der Waals surface area contributed by atoms with E-state index in [2.05, 4.69) is 5.32 Å². The summed E-state index contributed by atoms with van der Waals surface area (Å²) in [7, 11) is -3.28. The standard InChI is InChI=1S/C17H17ClN2O3S/c1-12-3-5-13(6-4-12)17(21)19-14-7-8-16(15(18)11-14)20-9-2-10-24(20,22)23/h3-8,11H,2,9-10H2,1H3,(H,19,21). The van der Waals surface area contributed by atoms with Crippen molar-refractivity contribution in [3.05, 3.63) is 58.6 Å². The highest BCUT2D eigenvalue weighted by molar-refractivity contribution is 7.93. The quantitative estimate of drug-likeness (QED) is 0.907. The van der Waals surface area contributed by atoms with E-state index in [4.69, 9.17) is 11.6 Å². The lowest BCUT2D eigenvalue weighted by atomic mass is 10.1. The van der Waals surface area contributed by atoms with Crippen molar-refractivity contribution < 1.29 is 13.2 Å². The first-order valence-corrected chi connectivity index (χ1v) is 9.53. The number of halogens is 1. The van der Waals surface area contributed by atoms with Crippen LogP contribution in [-0.4, -0.2) is 26.6 Å². The third-order valence-corrected chi connectivity index (χ3v) is 6.05. The van der Waals surface area contributed by atoms with E-state index in [1.807, 2.05) is 19.1 Å². The van der Waals surface area contributed by atoms with Crippen LogP contribution in [0.1, 0.15) is 22.3 Å². The second kappa shape index (κ2) is 6.45. The maximum absolute atomic E-state index is 12.2. The number of hydrogen-bond donors (Lipinski definition) is 1. The van der Waals surface area contributed by atoms with Crippen molar-refractivity contribution in [3.63, 3.8) is 0 Å². The molecule has 7 heteroatoms. The number of nitrogens with zero attached hydrogens (tertiary/aromatic N) is 1. The minimum Gasteiger partial charge on any atom is -0.322 e. The van der Waals surface area contributed by atoms with Gasteiger partial charge in [-0.2, -0.15) is 0 Å². The van der Waals surface area contributed by atoms with Crippen LogP contribution in [0.15, 0.2) is 42.5 Å². The molecule has 1 fully saturated rings. The molecule has 5 nitrogen and oxygen atoms in total. The predicted molar refractivity (Wildman–Crippen MR) is 96.3 cm³/mol. The third kappa shape index (κ3) is 3.39. The Hall–Kier alpha value is -2.05. The van der Waals surface area contributed by atoms with Gasteiger partial charge in [0.1, 0.15) is 0 Å². The molecule has 0 saturated carbocycles. The summed E-state index contributed by atoms with van der Waals surface area (Å²) in [6, 6.07) is 12.1. The van der Waals surface area contributed by atoms with Crippen molar-refractivity contribution >= 4 is 38.9 Å². The fraction of sp³-hybridized carbons (Fsp3) is 0.235. The van der Waals surface area contributed by atoms with Crippen LogP contribution in [0.3, 0.4) is 0 Å². The second-order valence-corrected chi connectivity index (χ2v) is 8.15. The molecule has 1 amide bonds. The van der Waals surface area contributed by atoms with Crippen LogP contribution in [0.25, 0.3) is 0 Å². The number of anilines is 2. The Balaban J connectivity index is 1.80. The molecule has 24 heavy (non-hydrogen) atoms. The number of carbonyl (C=O) groups is 1. The molecule has 0 unspecified atom stereocenters. The highest BCUT2D eigenvalue weighted by Crippen LogP contribution is 2.33. The Bertz CT molecular complexity index is 879. The van der Waals surface area contributed by atoms with Gasteiger partial charge in [-0.25, -0.2) is 8.42 Å². The molecule has 0 atom stereocenters. The fourth-order valence-corrected chi connectivity index (χ4v) is 4.52. The number of amides is 1. The van der Waals surface area contributed by atoms with Gasteiger partial charge >= 0.3 is 0 Å². The summed E-state index contributed by atoms with van der Waals surface area (Å²) in [6.45, 7) is 2.38. The summed E-state index contributed by atoms with van der Waals surface area (Å²) in [6.07, 6.45) is 0.588. The maximum atomic E-state index is 12.2. The highest BCUT2D eigenvalue weighted by Gasteiger charge is 2.29. The molecular formula is C17H17ClN2O3S. The van der Waals surface area contributed by atoms with Crippen molar-refractivity contribution in [1.82, 2.24) is 0 Å². The molecule has 0 spiro atoms. The van der Waals surface area contributed by atoms with E-state index in [0.29, 0.717) is 34.9 Å². The van der Waals surface area contributed by atoms with Gasteiger partial charge < -0.3 is 5.32 Å². The van der Waals surface area contributed by atoms with Gasteiger partial charge in [-0.1, -0.05) is 29.3 Å². The average molecular weight is 365 g/mol. The minimum absolute atomic E-state index is 0.134. The van der Waals surface area contributed by atoms with Crippen LogP contribution in [0.4, 0.5) is 11.4 Å². The zero-order chi connectivity index (χ0) is 17.3. The van der Waals surface area contributed by atoms with Crippen LogP contribution in [0.5, 0.6) is 0 Å². The fourth-order valence-electron chi connectivity index (χ4n) is 2.61. The van der Waals surface area contributed by atoms with Crippen LogP contribution in [0.2, 0.25) is 5.02 Å². The number of nitrogens with one attached hydrogen (secondary N) is 1. The molecule has 3 rings (SSSR count). The van der Waals surface area contributed by atoms with E-state index in [1.165, 1.54) is 4.31 Å². The van der Waals surface area contributed by atoms with Gasteiger partial charge in [0.25, 0.3) is 5.91 Å². The summed E-state index contributed by atoms with van der Waals surface area (Å²) in [5, 5.41) is 3.06. The van der Waals surface area contributed by atoms with Crippen molar-refractivity contribution in [1.29, 1.82) is 0 Å². The lowest BCUT2D eigenvalue weighted by Crippen LogP contribution is -2.25. The van der Waals surface area contributed by atoms with Crippen molar-refractivity contribution in [2.24, 2.45) is 0 Å². The molecule has 2 aromatic rings. The van der Waals surface area contributed by atoms with E-state index < -0.39 is 10.0 Å². The third-order valence-electron chi connectivity index (χ3n) is 3.89. The number of carbonyl (C=O) groups excluding carboxylic acids is 1. The highest BCUT2D eigenvalue weighted by atomic mass is 35.5. The number of benzene rings is 2. The number of rotatable bonds is 3. The summed E-state index contributed by atoms with van der Waals surface area (Å²) in [5.41, 5.74) is 2.59. The molecule has 0 aliphatic carbocycles. The molecule has 1 saturated heterocycles. The van der Waals surface area contributed by atoms with E-state index in [1.54, 1.807) is 30.3 Å². The Morgan fingerprint density at radius 1 is 1.17 bits per heavy atom. The van der Waals surface area contributed by atoms with E-state index >= 15 is 0 Å². The molecule has 0 aromatic heterocycles. The zero-order valence-corrected chi connectivity index (χ0v) is 14.7. The second-order valence-electron chi connectivity index (χ2n) is 5.73. The van der Waals surface area contributed by atoms with Gasteiger partial charge in [-0.3, -0.25) is 9.10 Å². The van der Waals surface area contributed by atoms with Crippen LogP contribution < -0.4 is 9.62 Å². The molecule has 1 N–H and O–H groups in total. The SMILES string of the molecule is Cc1ccc(C(=O)Nc2ccc(N3CCCS3(=O)=O)c(Cl)c2)cc1. The normalized spacial score (nSPS) is 16.2. The zero-order valence-electron chi connectivity index (χ0n) is 13.1. The molecule has 1 aliphatic heterocycles. The molecule has 1 aliphatic rings. The number of hydrogen-bond acceptors (Lipinski definition) is 3. The van der Waals surface area contributed by atoms with Crippen molar-refractivity contribution in [2.45, 2.75) is 13.3 Å². The van der Waals surface area contributed by atoms with Crippen molar-refractivity contribution in [3.8, 4) is 0 Å².